The van der Waals surface area contributed by atoms with Crippen molar-refractivity contribution in [2.24, 2.45) is 0 Å². The third-order valence-corrected chi connectivity index (χ3v) is 5.62. The van der Waals surface area contributed by atoms with E-state index in [2.05, 4.69) is 26.0 Å². The number of nitrogens with one attached hydrogen (secondary N) is 1. The fourth-order valence-electron chi connectivity index (χ4n) is 2.57. The van der Waals surface area contributed by atoms with Crippen LogP contribution in [0.15, 0.2) is 65.1 Å². The number of rotatable bonds is 7. The van der Waals surface area contributed by atoms with Gasteiger partial charge < -0.3 is 15.6 Å². The first-order valence-electron chi connectivity index (χ1n) is 8.69. The Morgan fingerprint density at radius 1 is 1.14 bits per heavy atom. The summed E-state index contributed by atoms with van der Waals surface area (Å²) in [4.78, 5) is 28.9. The number of ether oxygens (including phenoxy) is 1. The molecule has 0 unspecified atom stereocenters. The summed E-state index contributed by atoms with van der Waals surface area (Å²) >= 11 is 4.60. The van der Waals surface area contributed by atoms with Crippen molar-refractivity contribution < 1.29 is 19.1 Å². The molecule has 0 aliphatic carbocycles. The number of carbonyl (C=O) groups excluding carboxylic acids is 2. The number of esters is 1. The quantitative estimate of drug-likeness (QED) is 0.126. The van der Waals surface area contributed by atoms with Gasteiger partial charge in [-0.15, -0.1) is 11.3 Å². The molecule has 0 spiro atoms. The monoisotopic (exact) mass is 469 g/mol. The Bertz CT molecular complexity index is 1090. The Labute approximate surface area is 179 Å². The Hall–Kier alpha value is -3.06. The lowest BCUT2D eigenvalue weighted by atomic mass is 10.1. The Kier molecular flexibility index (Phi) is 6.72. The number of para-hydroxylation sites is 1. The first-order chi connectivity index (χ1) is 14.0. The minimum atomic E-state index is -0.968. The number of carbonyl (C=O) groups is 2. The van der Waals surface area contributed by atoms with Gasteiger partial charge in [0.25, 0.3) is 5.78 Å². The molecule has 0 aliphatic heterocycles. The van der Waals surface area contributed by atoms with Crippen LogP contribution in [0.1, 0.15) is 16.6 Å². The number of anilines is 2. The maximum atomic E-state index is 13.0. The molecular weight excluding hydrogens is 454 g/mol. The zero-order valence-electron chi connectivity index (χ0n) is 15.4. The van der Waals surface area contributed by atoms with E-state index in [9.17, 15) is 15.1 Å². The van der Waals surface area contributed by atoms with Crippen LogP contribution in [0.2, 0.25) is 0 Å². The Balaban J connectivity index is 2.05. The molecule has 8 heteroatoms. The van der Waals surface area contributed by atoms with Crippen LogP contribution in [0, 0.1) is 0 Å². The predicted molar refractivity (Wildman–Crippen MR) is 117 cm³/mol. The number of Topliss-reactive ketones (excluding diaryl/α,β-unsaturated/α-hetero) is 1. The van der Waals surface area contributed by atoms with Crippen LogP contribution in [-0.2, 0) is 9.53 Å². The molecule has 3 rings (SSSR count). The van der Waals surface area contributed by atoms with Crippen LogP contribution in [0.3, 0.4) is 0 Å². The van der Waals surface area contributed by atoms with Gasteiger partial charge in [0, 0.05) is 15.0 Å². The highest BCUT2D eigenvalue weighted by Crippen LogP contribution is 2.37. The van der Waals surface area contributed by atoms with Crippen molar-refractivity contribution in [1.29, 1.82) is 0 Å². The van der Waals surface area contributed by atoms with Crippen molar-refractivity contribution in [2.45, 2.75) is 6.92 Å². The maximum Gasteiger partial charge on any atom is 0.447 e. The van der Waals surface area contributed by atoms with E-state index < -0.39 is 17.5 Å². The smallest absolute Gasteiger partial charge is 0.447 e. The molecule has 2 aromatic carbocycles. The molecule has 1 aromatic heterocycles. The summed E-state index contributed by atoms with van der Waals surface area (Å²) in [5.41, 5.74) is 10.8. The third-order valence-electron chi connectivity index (χ3n) is 3.90. The summed E-state index contributed by atoms with van der Waals surface area (Å²) in [5.74, 6) is -1.68. The second-order valence-electron chi connectivity index (χ2n) is 5.85. The number of hydrogen-bond acceptors (Lipinski definition) is 5. The van der Waals surface area contributed by atoms with E-state index in [1.165, 1.54) is 11.3 Å². The Morgan fingerprint density at radius 3 is 2.45 bits per heavy atom. The molecule has 0 saturated heterocycles. The van der Waals surface area contributed by atoms with E-state index >= 15 is 0 Å². The predicted octanol–water partition coefficient (Wildman–Crippen LogP) is 5.34. The third kappa shape index (κ3) is 4.86. The number of ketones is 1. The highest BCUT2D eigenvalue weighted by atomic mass is 79.9. The molecule has 0 bridgehead atoms. The highest BCUT2D eigenvalue weighted by Gasteiger charge is 2.35. The van der Waals surface area contributed by atoms with Crippen LogP contribution >= 0.6 is 27.3 Å². The first kappa shape index (κ1) is 20.7. The molecule has 1 heterocycles. The van der Waals surface area contributed by atoms with Gasteiger partial charge in [0.05, 0.1) is 12.3 Å². The number of hydrogen-bond donors (Lipinski definition) is 1. The first-order valence-corrected chi connectivity index (χ1v) is 10.3. The van der Waals surface area contributed by atoms with Crippen molar-refractivity contribution in [2.75, 3.05) is 11.9 Å². The van der Waals surface area contributed by atoms with Crippen molar-refractivity contribution >= 4 is 56.1 Å². The summed E-state index contributed by atoms with van der Waals surface area (Å²) < 4.78 is 5.77. The van der Waals surface area contributed by atoms with Crippen molar-refractivity contribution in [1.82, 2.24) is 0 Å². The number of nitrogens with zero attached hydrogens (tertiary/aromatic N) is 2. The van der Waals surface area contributed by atoms with E-state index in [-0.39, 0.29) is 11.5 Å². The molecule has 0 aliphatic rings. The standard InChI is InChI=1S/C21H16BrN3O3S/c1-2-28-21(27)18(25-23)19(26)20-16(24-15-6-4-3-5-7-15)12-17(29-20)13-8-10-14(22)11-9-13/h3-12,24H,2H2,1H3. The van der Waals surface area contributed by atoms with Crippen LogP contribution in [-0.4, -0.2) is 28.9 Å². The maximum absolute atomic E-state index is 13.0. The molecular formula is C21H16BrN3O3S. The zero-order valence-corrected chi connectivity index (χ0v) is 17.8. The van der Waals surface area contributed by atoms with Crippen molar-refractivity contribution in [3.8, 4) is 10.4 Å². The van der Waals surface area contributed by atoms with Gasteiger partial charge in [-0.2, -0.15) is 4.79 Å². The van der Waals surface area contributed by atoms with E-state index in [0.29, 0.717) is 5.69 Å². The average molecular weight is 470 g/mol. The van der Waals surface area contributed by atoms with E-state index in [1.54, 1.807) is 6.92 Å². The van der Waals surface area contributed by atoms with Gasteiger partial charge in [0.15, 0.2) is 0 Å². The summed E-state index contributed by atoms with van der Waals surface area (Å²) in [6, 6.07) is 18.8. The van der Waals surface area contributed by atoms with E-state index in [1.807, 2.05) is 60.7 Å². The second kappa shape index (κ2) is 9.43. The highest BCUT2D eigenvalue weighted by molar-refractivity contribution is 9.10. The van der Waals surface area contributed by atoms with E-state index in [4.69, 9.17) is 4.74 Å². The van der Waals surface area contributed by atoms with Gasteiger partial charge in [-0.25, -0.2) is 4.79 Å². The number of benzene rings is 2. The zero-order chi connectivity index (χ0) is 20.8. The normalized spacial score (nSPS) is 10.1. The molecule has 3 aromatic rings. The molecule has 0 fully saturated rings. The lowest BCUT2D eigenvalue weighted by Gasteiger charge is -2.05. The van der Waals surface area contributed by atoms with Gasteiger partial charge in [0.1, 0.15) is 4.88 Å². The topological polar surface area (TPSA) is 91.8 Å². The molecule has 146 valence electrons. The number of halogens is 1. The van der Waals surface area contributed by atoms with Gasteiger partial charge in [-0.1, -0.05) is 46.3 Å². The van der Waals surface area contributed by atoms with Gasteiger partial charge >= 0.3 is 11.7 Å². The molecule has 29 heavy (non-hydrogen) atoms. The average Bonchev–Trinajstić information content (AvgIpc) is 3.13. The summed E-state index contributed by atoms with van der Waals surface area (Å²) in [6.45, 7) is 1.67. The van der Waals surface area contributed by atoms with Crippen LogP contribution in [0.5, 0.6) is 0 Å². The fourth-order valence-corrected chi connectivity index (χ4v) is 3.90. The summed E-state index contributed by atoms with van der Waals surface area (Å²) in [5, 5.41) is 3.20. The largest absolute Gasteiger partial charge is 0.457 e. The minimum Gasteiger partial charge on any atom is -0.457 e. The van der Waals surface area contributed by atoms with Crippen molar-refractivity contribution in [3.05, 3.63) is 75.5 Å². The SMILES string of the molecule is CCOC(=O)C(=[N+]=[N-])C(=O)c1sc(-c2ccc(Br)cc2)cc1Nc1ccccc1. The van der Waals surface area contributed by atoms with Crippen LogP contribution in [0.25, 0.3) is 16.0 Å². The molecule has 1 N–H and O–H groups in total. The van der Waals surface area contributed by atoms with Gasteiger partial charge in [0.2, 0.25) is 0 Å². The molecule has 6 nitrogen and oxygen atoms in total. The summed E-state index contributed by atoms with van der Waals surface area (Å²) in [6.07, 6.45) is 0. The van der Waals surface area contributed by atoms with Gasteiger partial charge in [-0.3, -0.25) is 4.79 Å². The van der Waals surface area contributed by atoms with Gasteiger partial charge in [-0.05, 0) is 42.8 Å². The lowest BCUT2D eigenvalue weighted by Crippen LogP contribution is -2.27. The molecule has 0 atom stereocenters. The number of thiophene rings is 1. The second-order valence-corrected chi connectivity index (χ2v) is 7.82. The lowest BCUT2D eigenvalue weighted by molar-refractivity contribution is -0.139. The minimum absolute atomic E-state index is 0.0643. The summed E-state index contributed by atoms with van der Waals surface area (Å²) in [7, 11) is 0. The molecule has 0 radical (unpaired) electrons. The van der Waals surface area contributed by atoms with Crippen LogP contribution in [0.4, 0.5) is 11.4 Å². The molecule has 0 amide bonds. The fraction of sp³-hybridized carbons (Fsp3) is 0.0952. The van der Waals surface area contributed by atoms with E-state index in [0.717, 1.165) is 20.6 Å². The Morgan fingerprint density at radius 2 is 1.83 bits per heavy atom. The van der Waals surface area contributed by atoms with Crippen molar-refractivity contribution in [3.63, 3.8) is 0 Å². The molecule has 0 saturated carbocycles. The van der Waals surface area contributed by atoms with Crippen LogP contribution < -0.4 is 5.32 Å².